The number of fused-ring (bicyclic) bond motifs is 1. The number of benzene rings is 1. The lowest BCUT2D eigenvalue weighted by Gasteiger charge is -2.16. The van der Waals surface area contributed by atoms with Crippen molar-refractivity contribution in [2.24, 2.45) is 5.41 Å². The van der Waals surface area contributed by atoms with Crippen LogP contribution in [0.4, 0.5) is 0 Å². The van der Waals surface area contributed by atoms with Gasteiger partial charge in [0.25, 0.3) is 0 Å². The van der Waals surface area contributed by atoms with Crippen molar-refractivity contribution in [1.82, 2.24) is 0 Å². The van der Waals surface area contributed by atoms with Crippen molar-refractivity contribution in [3.63, 3.8) is 0 Å². The number of nitriles is 1. The van der Waals surface area contributed by atoms with Crippen LogP contribution < -0.4 is 14.2 Å². The van der Waals surface area contributed by atoms with E-state index in [2.05, 4.69) is 6.07 Å². The van der Waals surface area contributed by atoms with E-state index in [1.54, 1.807) is 13.8 Å². The van der Waals surface area contributed by atoms with Gasteiger partial charge < -0.3 is 19.3 Å². The Bertz CT molecular complexity index is 574. The zero-order chi connectivity index (χ0) is 14.8. The lowest BCUT2D eigenvalue weighted by molar-refractivity contribution is 0.0691. The molecule has 6 nitrogen and oxygen atoms in total. The molecule has 0 amide bonds. The third kappa shape index (κ3) is 2.94. The fraction of sp³-hybridized carbons (Fsp3) is 0.429. The quantitative estimate of drug-likeness (QED) is 0.889. The highest BCUT2D eigenvalue weighted by molar-refractivity contribution is 5.92. The zero-order valence-electron chi connectivity index (χ0n) is 11.3. The highest BCUT2D eigenvalue weighted by atomic mass is 16.7. The molecule has 0 spiro atoms. The van der Waals surface area contributed by atoms with Gasteiger partial charge in [0.2, 0.25) is 6.79 Å². The Morgan fingerprint density at radius 1 is 1.45 bits per heavy atom. The maximum atomic E-state index is 11.2. The third-order valence-electron chi connectivity index (χ3n) is 2.99. The summed E-state index contributed by atoms with van der Waals surface area (Å²) in [6.45, 7) is 3.92. The lowest BCUT2D eigenvalue weighted by atomic mass is 9.92. The van der Waals surface area contributed by atoms with Crippen molar-refractivity contribution in [2.75, 3.05) is 13.4 Å². The predicted octanol–water partition coefficient (Wildman–Crippen LogP) is 2.43. The smallest absolute Gasteiger partial charge is 0.339 e. The van der Waals surface area contributed by atoms with Crippen LogP contribution in [0.1, 0.15) is 30.6 Å². The molecule has 0 bridgehead atoms. The van der Waals surface area contributed by atoms with Crippen LogP contribution in [-0.4, -0.2) is 24.5 Å². The van der Waals surface area contributed by atoms with Crippen LogP contribution in [0.3, 0.4) is 0 Å². The van der Waals surface area contributed by atoms with Crippen molar-refractivity contribution in [2.45, 2.75) is 20.3 Å². The Kier molecular flexibility index (Phi) is 3.70. The van der Waals surface area contributed by atoms with Gasteiger partial charge in [-0.15, -0.1) is 0 Å². The summed E-state index contributed by atoms with van der Waals surface area (Å²) in [5.41, 5.74) is -0.497. The molecule has 1 aliphatic rings. The molecule has 1 aliphatic heterocycles. The number of nitrogens with zero attached hydrogens (tertiary/aromatic N) is 1. The Morgan fingerprint density at radius 2 is 2.10 bits per heavy atom. The Labute approximate surface area is 116 Å². The number of carboxylic acid groups (broad SMARTS) is 1. The predicted molar refractivity (Wildman–Crippen MR) is 69.0 cm³/mol. The highest BCUT2D eigenvalue weighted by Crippen LogP contribution is 2.38. The van der Waals surface area contributed by atoms with Crippen LogP contribution in [0.15, 0.2) is 12.1 Å². The Hall–Kier alpha value is -2.42. The summed E-state index contributed by atoms with van der Waals surface area (Å²) >= 11 is 0. The Morgan fingerprint density at radius 3 is 2.70 bits per heavy atom. The van der Waals surface area contributed by atoms with E-state index in [4.69, 9.17) is 19.5 Å². The van der Waals surface area contributed by atoms with Gasteiger partial charge in [-0.25, -0.2) is 4.79 Å². The third-order valence-corrected chi connectivity index (χ3v) is 2.99. The van der Waals surface area contributed by atoms with E-state index in [-0.39, 0.29) is 24.7 Å². The average Bonchev–Trinajstić information content (AvgIpc) is 2.84. The van der Waals surface area contributed by atoms with E-state index in [1.165, 1.54) is 12.1 Å². The SMILES string of the molecule is CC(C)(C#N)CCOc1cc2c(cc1C(=O)O)OCO2. The van der Waals surface area contributed by atoms with Gasteiger partial charge in [0.05, 0.1) is 18.1 Å². The van der Waals surface area contributed by atoms with Crippen molar-refractivity contribution in [3.05, 3.63) is 17.7 Å². The fourth-order valence-electron chi connectivity index (χ4n) is 1.68. The molecule has 0 unspecified atom stereocenters. The average molecular weight is 277 g/mol. The molecule has 1 aromatic carbocycles. The first-order valence-electron chi connectivity index (χ1n) is 6.14. The first-order valence-corrected chi connectivity index (χ1v) is 6.14. The second kappa shape index (κ2) is 5.29. The molecule has 6 heteroatoms. The molecular formula is C14H15NO5. The molecule has 106 valence electrons. The molecule has 2 rings (SSSR count). The van der Waals surface area contributed by atoms with E-state index in [9.17, 15) is 9.90 Å². The first kappa shape index (κ1) is 14.0. The molecule has 0 saturated heterocycles. The van der Waals surface area contributed by atoms with Crippen LogP contribution in [-0.2, 0) is 0 Å². The molecule has 0 aromatic heterocycles. The molecule has 0 atom stereocenters. The van der Waals surface area contributed by atoms with E-state index in [1.807, 2.05) is 0 Å². The largest absolute Gasteiger partial charge is 0.492 e. The van der Waals surface area contributed by atoms with Crippen LogP contribution in [0, 0.1) is 16.7 Å². The maximum absolute atomic E-state index is 11.2. The normalized spacial score (nSPS) is 12.8. The minimum Gasteiger partial charge on any atom is -0.492 e. The van der Waals surface area contributed by atoms with Crippen LogP contribution in [0.25, 0.3) is 0 Å². The minimum absolute atomic E-state index is 0.0176. The number of carbonyl (C=O) groups is 1. The second-order valence-electron chi connectivity index (χ2n) is 5.10. The van der Waals surface area contributed by atoms with Gasteiger partial charge in [-0.05, 0) is 20.3 Å². The van der Waals surface area contributed by atoms with Gasteiger partial charge in [-0.2, -0.15) is 5.26 Å². The summed E-state index contributed by atoms with van der Waals surface area (Å²) in [6.07, 6.45) is 0.497. The van der Waals surface area contributed by atoms with Gasteiger partial charge in [-0.3, -0.25) is 0 Å². The van der Waals surface area contributed by atoms with Gasteiger partial charge >= 0.3 is 5.97 Å². The van der Waals surface area contributed by atoms with Crippen molar-refractivity contribution in [1.29, 1.82) is 5.26 Å². The molecule has 0 saturated carbocycles. The first-order chi connectivity index (χ1) is 9.43. The zero-order valence-corrected chi connectivity index (χ0v) is 11.3. The molecule has 1 aromatic rings. The number of hydrogen-bond acceptors (Lipinski definition) is 5. The second-order valence-corrected chi connectivity index (χ2v) is 5.10. The molecule has 0 aliphatic carbocycles. The maximum Gasteiger partial charge on any atom is 0.339 e. The topological polar surface area (TPSA) is 88.8 Å². The molecule has 1 heterocycles. The number of carboxylic acids is 1. The highest BCUT2D eigenvalue weighted by Gasteiger charge is 2.22. The molecule has 0 fully saturated rings. The minimum atomic E-state index is -1.10. The van der Waals surface area contributed by atoms with Gasteiger partial charge in [0.1, 0.15) is 11.3 Å². The van der Waals surface area contributed by atoms with Gasteiger partial charge in [0, 0.05) is 12.1 Å². The van der Waals surface area contributed by atoms with Gasteiger partial charge in [0.15, 0.2) is 11.5 Å². The van der Waals surface area contributed by atoms with Crippen LogP contribution >= 0.6 is 0 Å². The number of hydrogen-bond donors (Lipinski definition) is 1. The van der Waals surface area contributed by atoms with E-state index >= 15 is 0 Å². The number of rotatable bonds is 5. The van der Waals surface area contributed by atoms with E-state index < -0.39 is 11.4 Å². The van der Waals surface area contributed by atoms with Crippen LogP contribution in [0.2, 0.25) is 0 Å². The van der Waals surface area contributed by atoms with Gasteiger partial charge in [-0.1, -0.05) is 0 Å². The summed E-state index contributed by atoms with van der Waals surface area (Å²) in [7, 11) is 0. The van der Waals surface area contributed by atoms with Crippen LogP contribution in [0.5, 0.6) is 17.2 Å². The summed E-state index contributed by atoms with van der Waals surface area (Å²) < 4.78 is 15.8. The molecule has 0 radical (unpaired) electrons. The molecular weight excluding hydrogens is 262 g/mol. The number of aromatic carboxylic acids is 1. The molecule has 20 heavy (non-hydrogen) atoms. The van der Waals surface area contributed by atoms with Crippen molar-refractivity contribution in [3.8, 4) is 23.3 Å². The summed E-state index contributed by atoms with van der Waals surface area (Å²) in [5.74, 6) is -0.0232. The van der Waals surface area contributed by atoms with E-state index in [0.717, 1.165) is 0 Å². The van der Waals surface area contributed by atoms with E-state index in [0.29, 0.717) is 17.9 Å². The summed E-state index contributed by atoms with van der Waals surface area (Å²) in [6, 6.07) is 5.06. The Balaban J connectivity index is 2.15. The summed E-state index contributed by atoms with van der Waals surface area (Å²) in [5, 5.41) is 18.1. The van der Waals surface area contributed by atoms with Crippen molar-refractivity contribution < 1.29 is 24.1 Å². The monoisotopic (exact) mass is 277 g/mol. The number of ether oxygens (including phenoxy) is 3. The standard InChI is InChI=1S/C14H15NO5/c1-14(2,7-15)3-4-18-10-6-12-11(19-8-20-12)5-9(10)13(16)17/h5-6H,3-4,8H2,1-2H3,(H,16,17). The molecule has 1 N–H and O–H groups in total. The fourth-order valence-corrected chi connectivity index (χ4v) is 1.68. The summed E-state index contributed by atoms with van der Waals surface area (Å²) in [4.78, 5) is 11.2. The van der Waals surface area contributed by atoms with Crippen molar-refractivity contribution >= 4 is 5.97 Å². The lowest BCUT2D eigenvalue weighted by Crippen LogP contribution is -2.14.